The van der Waals surface area contributed by atoms with E-state index in [4.69, 9.17) is 5.73 Å². The summed E-state index contributed by atoms with van der Waals surface area (Å²) >= 11 is 1.69. The molecule has 0 aliphatic heterocycles. The van der Waals surface area contributed by atoms with Crippen LogP contribution in [0.3, 0.4) is 0 Å². The third-order valence-electron chi connectivity index (χ3n) is 3.19. The number of aliphatic hydroxyl groups excluding tert-OH is 1. The summed E-state index contributed by atoms with van der Waals surface area (Å²) in [5.74, 6) is 1.30. The molecule has 1 aromatic heterocycles. The Hall–Kier alpha value is -0.380. The topological polar surface area (TPSA) is 46.2 Å². The molecule has 2 rings (SSSR count). The molecule has 0 radical (unpaired) electrons. The number of hydrogen-bond acceptors (Lipinski definition) is 3. The molecule has 1 heterocycles. The Balaban J connectivity index is 2.06. The summed E-state index contributed by atoms with van der Waals surface area (Å²) in [5, 5.41) is 12.2. The highest BCUT2D eigenvalue weighted by Gasteiger charge is 2.42. The molecule has 1 aromatic rings. The van der Waals surface area contributed by atoms with Crippen LogP contribution in [0.5, 0.6) is 0 Å². The molecule has 0 spiro atoms. The van der Waals surface area contributed by atoms with Crippen molar-refractivity contribution < 1.29 is 5.11 Å². The zero-order valence-electron chi connectivity index (χ0n) is 8.39. The second-order valence-electron chi connectivity index (χ2n) is 4.23. The van der Waals surface area contributed by atoms with E-state index < -0.39 is 0 Å². The van der Waals surface area contributed by atoms with E-state index in [0.717, 1.165) is 6.42 Å². The normalized spacial score (nSPS) is 29.9. The molecule has 1 aliphatic carbocycles. The zero-order valence-corrected chi connectivity index (χ0v) is 9.20. The SMILES string of the molecule is CC1CC1C(O)C(CN)c1cccs1. The Morgan fingerprint density at radius 3 is 2.86 bits per heavy atom. The van der Waals surface area contributed by atoms with Gasteiger partial charge in [-0.1, -0.05) is 13.0 Å². The fourth-order valence-electron chi connectivity index (χ4n) is 2.05. The highest BCUT2D eigenvalue weighted by Crippen LogP contribution is 2.45. The smallest absolute Gasteiger partial charge is 0.0659 e. The quantitative estimate of drug-likeness (QED) is 0.798. The van der Waals surface area contributed by atoms with E-state index in [0.29, 0.717) is 18.4 Å². The van der Waals surface area contributed by atoms with Crippen molar-refractivity contribution in [2.24, 2.45) is 17.6 Å². The number of rotatable bonds is 4. The van der Waals surface area contributed by atoms with Crippen LogP contribution in [0.4, 0.5) is 0 Å². The second-order valence-corrected chi connectivity index (χ2v) is 5.20. The summed E-state index contributed by atoms with van der Waals surface area (Å²) in [6, 6.07) is 4.09. The molecule has 4 unspecified atom stereocenters. The highest BCUT2D eigenvalue weighted by molar-refractivity contribution is 7.10. The van der Waals surface area contributed by atoms with Gasteiger partial charge in [-0.3, -0.25) is 0 Å². The average Bonchev–Trinajstić information content (AvgIpc) is 2.67. The van der Waals surface area contributed by atoms with Crippen molar-refractivity contribution in [3.63, 3.8) is 0 Å². The van der Waals surface area contributed by atoms with Crippen LogP contribution < -0.4 is 5.73 Å². The molecule has 0 bridgehead atoms. The van der Waals surface area contributed by atoms with E-state index in [1.54, 1.807) is 11.3 Å². The molecule has 0 saturated heterocycles. The van der Waals surface area contributed by atoms with Gasteiger partial charge in [-0.2, -0.15) is 0 Å². The Kier molecular flexibility index (Phi) is 2.91. The Morgan fingerprint density at radius 1 is 1.71 bits per heavy atom. The fraction of sp³-hybridized carbons (Fsp3) is 0.636. The van der Waals surface area contributed by atoms with Gasteiger partial charge >= 0.3 is 0 Å². The lowest BCUT2D eigenvalue weighted by Gasteiger charge is -2.20. The molecule has 3 N–H and O–H groups in total. The van der Waals surface area contributed by atoms with Crippen molar-refractivity contribution >= 4 is 11.3 Å². The van der Waals surface area contributed by atoms with Gasteiger partial charge in [0.25, 0.3) is 0 Å². The van der Waals surface area contributed by atoms with Gasteiger partial charge in [0.05, 0.1) is 6.10 Å². The molecular formula is C11H17NOS. The molecule has 0 amide bonds. The van der Waals surface area contributed by atoms with Gasteiger partial charge < -0.3 is 10.8 Å². The minimum absolute atomic E-state index is 0.143. The zero-order chi connectivity index (χ0) is 10.1. The van der Waals surface area contributed by atoms with E-state index in [2.05, 4.69) is 13.0 Å². The Morgan fingerprint density at radius 2 is 2.43 bits per heavy atom. The first kappa shape index (κ1) is 10.1. The summed E-state index contributed by atoms with van der Waals surface area (Å²) in [4.78, 5) is 1.22. The third-order valence-corrected chi connectivity index (χ3v) is 4.19. The molecule has 3 heteroatoms. The van der Waals surface area contributed by atoms with E-state index in [1.165, 1.54) is 4.88 Å². The molecule has 1 fully saturated rings. The lowest BCUT2D eigenvalue weighted by Crippen LogP contribution is -2.27. The van der Waals surface area contributed by atoms with Crippen molar-refractivity contribution in [3.05, 3.63) is 22.4 Å². The molecule has 78 valence electrons. The van der Waals surface area contributed by atoms with Crippen LogP contribution in [0.1, 0.15) is 24.1 Å². The second kappa shape index (κ2) is 4.01. The molecule has 14 heavy (non-hydrogen) atoms. The van der Waals surface area contributed by atoms with Crippen molar-refractivity contribution in [2.45, 2.75) is 25.4 Å². The van der Waals surface area contributed by atoms with Gasteiger partial charge in [0.15, 0.2) is 0 Å². The van der Waals surface area contributed by atoms with E-state index in [1.807, 2.05) is 11.4 Å². The molecule has 4 atom stereocenters. The van der Waals surface area contributed by atoms with Crippen LogP contribution in [0.25, 0.3) is 0 Å². The van der Waals surface area contributed by atoms with E-state index in [-0.39, 0.29) is 12.0 Å². The number of nitrogens with two attached hydrogens (primary N) is 1. The first-order chi connectivity index (χ1) is 6.74. The fourth-order valence-corrected chi connectivity index (χ4v) is 2.93. The van der Waals surface area contributed by atoms with Crippen molar-refractivity contribution in [3.8, 4) is 0 Å². The largest absolute Gasteiger partial charge is 0.392 e. The standard InChI is InChI=1S/C11H17NOS/c1-7-5-8(7)11(13)9(6-12)10-3-2-4-14-10/h2-4,7-9,11,13H,5-6,12H2,1H3. The summed E-state index contributed by atoms with van der Waals surface area (Å²) in [6.07, 6.45) is 0.914. The predicted molar refractivity (Wildman–Crippen MR) is 59.4 cm³/mol. The van der Waals surface area contributed by atoms with Crippen LogP contribution in [0.15, 0.2) is 17.5 Å². The minimum Gasteiger partial charge on any atom is -0.392 e. The Bertz CT molecular complexity index is 285. The summed E-state index contributed by atoms with van der Waals surface area (Å²) in [7, 11) is 0. The average molecular weight is 211 g/mol. The third kappa shape index (κ3) is 1.85. The van der Waals surface area contributed by atoms with E-state index in [9.17, 15) is 5.11 Å². The maximum absolute atomic E-state index is 10.1. The van der Waals surface area contributed by atoms with Gasteiger partial charge in [0.2, 0.25) is 0 Å². The van der Waals surface area contributed by atoms with Crippen LogP contribution in [0, 0.1) is 11.8 Å². The minimum atomic E-state index is -0.242. The van der Waals surface area contributed by atoms with E-state index >= 15 is 0 Å². The van der Waals surface area contributed by atoms with Gasteiger partial charge in [0, 0.05) is 17.3 Å². The number of aliphatic hydroxyl groups is 1. The maximum Gasteiger partial charge on any atom is 0.0659 e. The van der Waals surface area contributed by atoms with Gasteiger partial charge in [-0.05, 0) is 29.7 Å². The van der Waals surface area contributed by atoms with Crippen LogP contribution in [0.2, 0.25) is 0 Å². The first-order valence-electron chi connectivity index (χ1n) is 5.15. The summed E-state index contributed by atoms with van der Waals surface area (Å²) in [5.41, 5.74) is 5.72. The van der Waals surface area contributed by atoms with Gasteiger partial charge in [0.1, 0.15) is 0 Å². The number of hydrogen-bond donors (Lipinski definition) is 2. The lowest BCUT2D eigenvalue weighted by atomic mass is 9.96. The van der Waals surface area contributed by atoms with Gasteiger partial charge in [-0.25, -0.2) is 0 Å². The summed E-state index contributed by atoms with van der Waals surface area (Å²) in [6.45, 7) is 2.74. The van der Waals surface area contributed by atoms with Crippen LogP contribution in [-0.2, 0) is 0 Å². The number of thiophene rings is 1. The monoisotopic (exact) mass is 211 g/mol. The maximum atomic E-state index is 10.1. The highest BCUT2D eigenvalue weighted by atomic mass is 32.1. The van der Waals surface area contributed by atoms with Crippen LogP contribution >= 0.6 is 11.3 Å². The Labute approximate surface area is 88.8 Å². The summed E-state index contributed by atoms with van der Waals surface area (Å²) < 4.78 is 0. The van der Waals surface area contributed by atoms with Crippen molar-refractivity contribution in [2.75, 3.05) is 6.54 Å². The molecule has 0 aromatic carbocycles. The van der Waals surface area contributed by atoms with Crippen LogP contribution in [-0.4, -0.2) is 17.8 Å². The van der Waals surface area contributed by atoms with Gasteiger partial charge in [-0.15, -0.1) is 11.3 Å². The predicted octanol–water partition coefficient (Wildman–Crippen LogP) is 1.81. The molecular weight excluding hydrogens is 194 g/mol. The first-order valence-corrected chi connectivity index (χ1v) is 6.03. The lowest BCUT2D eigenvalue weighted by molar-refractivity contribution is 0.119. The molecule has 1 saturated carbocycles. The molecule has 1 aliphatic rings. The molecule has 2 nitrogen and oxygen atoms in total. The van der Waals surface area contributed by atoms with Crippen molar-refractivity contribution in [1.29, 1.82) is 0 Å². The van der Waals surface area contributed by atoms with Crippen molar-refractivity contribution in [1.82, 2.24) is 0 Å².